The van der Waals surface area contributed by atoms with Crippen molar-refractivity contribution in [3.05, 3.63) is 33.8 Å². The SMILES string of the molecule is CCOC(=O)[C@@H](O)CCc1ccc(Cl)cc1Cl. The van der Waals surface area contributed by atoms with E-state index in [0.717, 1.165) is 5.56 Å². The average molecular weight is 277 g/mol. The number of esters is 1. The van der Waals surface area contributed by atoms with Gasteiger partial charge in [0, 0.05) is 10.0 Å². The van der Waals surface area contributed by atoms with Crippen LogP contribution in [0.4, 0.5) is 0 Å². The van der Waals surface area contributed by atoms with Crippen molar-refractivity contribution in [2.75, 3.05) is 6.61 Å². The molecule has 94 valence electrons. The zero-order valence-corrected chi connectivity index (χ0v) is 11.0. The first-order chi connectivity index (χ1) is 8.04. The Morgan fingerprint density at radius 3 is 2.76 bits per heavy atom. The number of aliphatic hydroxyl groups is 1. The van der Waals surface area contributed by atoms with Crippen LogP contribution >= 0.6 is 23.2 Å². The number of hydrogen-bond acceptors (Lipinski definition) is 3. The molecule has 1 rings (SSSR count). The van der Waals surface area contributed by atoms with Crippen LogP contribution in [0, 0.1) is 0 Å². The second-order valence-electron chi connectivity index (χ2n) is 3.54. The second kappa shape index (κ2) is 6.84. The Morgan fingerprint density at radius 1 is 1.47 bits per heavy atom. The van der Waals surface area contributed by atoms with Gasteiger partial charge in [0.15, 0.2) is 6.10 Å². The molecule has 1 aromatic rings. The summed E-state index contributed by atoms with van der Waals surface area (Å²) < 4.78 is 4.70. The van der Waals surface area contributed by atoms with E-state index in [0.29, 0.717) is 16.5 Å². The Kier molecular flexibility index (Phi) is 5.75. The van der Waals surface area contributed by atoms with E-state index in [1.165, 1.54) is 0 Å². The molecule has 1 N–H and O–H groups in total. The normalized spacial score (nSPS) is 12.2. The van der Waals surface area contributed by atoms with Gasteiger partial charge in [0.2, 0.25) is 0 Å². The Bertz CT molecular complexity index is 393. The van der Waals surface area contributed by atoms with Gasteiger partial charge in [-0.25, -0.2) is 4.79 Å². The van der Waals surface area contributed by atoms with E-state index in [4.69, 9.17) is 27.9 Å². The summed E-state index contributed by atoms with van der Waals surface area (Å²) in [6.45, 7) is 1.96. The first-order valence-corrected chi connectivity index (χ1v) is 6.08. The van der Waals surface area contributed by atoms with E-state index in [1.54, 1.807) is 25.1 Å². The molecule has 0 fully saturated rings. The number of rotatable bonds is 5. The molecule has 0 amide bonds. The molecule has 0 unspecified atom stereocenters. The first-order valence-electron chi connectivity index (χ1n) is 5.33. The third kappa shape index (κ3) is 4.54. The van der Waals surface area contributed by atoms with Crippen LogP contribution in [0.15, 0.2) is 18.2 Å². The van der Waals surface area contributed by atoms with Gasteiger partial charge in [0.25, 0.3) is 0 Å². The van der Waals surface area contributed by atoms with Crippen LogP contribution in [0.1, 0.15) is 18.9 Å². The lowest BCUT2D eigenvalue weighted by Gasteiger charge is -2.10. The van der Waals surface area contributed by atoms with Crippen molar-refractivity contribution in [1.82, 2.24) is 0 Å². The second-order valence-corrected chi connectivity index (χ2v) is 4.39. The average Bonchev–Trinajstić information content (AvgIpc) is 2.27. The van der Waals surface area contributed by atoms with E-state index in [-0.39, 0.29) is 13.0 Å². The number of carbonyl (C=O) groups excluding carboxylic acids is 1. The molecular weight excluding hydrogens is 263 g/mol. The summed E-state index contributed by atoms with van der Waals surface area (Å²) >= 11 is 11.7. The lowest BCUT2D eigenvalue weighted by atomic mass is 10.1. The number of aryl methyl sites for hydroxylation is 1. The van der Waals surface area contributed by atoms with E-state index in [2.05, 4.69) is 0 Å². The molecule has 0 bridgehead atoms. The van der Waals surface area contributed by atoms with Gasteiger partial charge in [-0.1, -0.05) is 29.3 Å². The fourth-order valence-electron chi connectivity index (χ4n) is 1.37. The van der Waals surface area contributed by atoms with Crippen molar-refractivity contribution in [3.63, 3.8) is 0 Å². The van der Waals surface area contributed by atoms with Crippen LogP contribution in [0.2, 0.25) is 10.0 Å². The van der Waals surface area contributed by atoms with Crippen molar-refractivity contribution < 1.29 is 14.6 Å². The van der Waals surface area contributed by atoms with Crippen molar-refractivity contribution >= 4 is 29.2 Å². The van der Waals surface area contributed by atoms with Gasteiger partial charge < -0.3 is 9.84 Å². The number of halogens is 2. The molecule has 1 atom stereocenters. The van der Waals surface area contributed by atoms with Crippen molar-refractivity contribution in [3.8, 4) is 0 Å². The van der Waals surface area contributed by atoms with Crippen LogP contribution < -0.4 is 0 Å². The molecule has 17 heavy (non-hydrogen) atoms. The number of aliphatic hydroxyl groups excluding tert-OH is 1. The van der Waals surface area contributed by atoms with Gasteiger partial charge in [-0.05, 0) is 37.5 Å². The Balaban J connectivity index is 2.52. The minimum Gasteiger partial charge on any atom is -0.464 e. The Labute approximate surface area is 110 Å². The molecule has 5 heteroatoms. The van der Waals surface area contributed by atoms with Crippen molar-refractivity contribution in [2.24, 2.45) is 0 Å². The topological polar surface area (TPSA) is 46.5 Å². The molecule has 0 aliphatic carbocycles. The number of ether oxygens (including phenoxy) is 1. The van der Waals surface area contributed by atoms with Gasteiger partial charge in [0.05, 0.1) is 6.61 Å². The van der Waals surface area contributed by atoms with Gasteiger partial charge in [-0.3, -0.25) is 0 Å². The van der Waals surface area contributed by atoms with E-state index in [9.17, 15) is 9.90 Å². The number of carbonyl (C=O) groups is 1. The van der Waals surface area contributed by atoms with Gasteiger partial charge >= 0.3 is 5.97 Å². The highest BCUT2D eigenvalue weighted by molar-refractivity contribution is 6.35. The van der Waals surface area contributed by atoms with E-state index < -0.39 is 12.1 Å². The lowest BCUT2D eigenvalue weighted by Crippen LogP contribution is -2.23. The van der Waals surface area contributed by atoms with Crippen molar-refractivity contribution in [1.29, 1.82) is 0 Å². The summed E-state index contributed by atoms with van der Waals surface area (Å²) in [6.07, 6.45) is -0.336. The van der Waals surface area contributed by atoms with E-state index >= 15 is 0 Å². The molecule has 0 aliphatic heterocycles. The fourth-order valence-corrected chi connectivity index (χ4v) is 1.88. The summed E-state index contributed by atoms with van der Waals surface area (Å²) in [5.74, 6) is -0.599. The molecule has 0 heterocycles. The predicted octanol–water partition coefficient (Wildman–Crippen LogP) is 2.85. The van der Waals surface area contributed by atoms with Crippen LogP contribution in [-0.4, -0.2) is 23.8 Å². The summed E-state index contributed by atoms with van der Waals surface area (Å²) in [7, 11) is 0. The van der Waals surface area contributed by atoms with E-state index in [1.807, 2.05) is 0 Å². The van der Waals surface area contributed by atoms with Gasteiger partial charge in [-0.2, -0.15) is 0 Å². The number of benzene rings is 1. The number of hydrogen-bond donors (Lipinski definition) is 1. The summed E-state index contributed by atoms with van der Waals surface area (Å²) in [4.78, 5) is 11.2. The molecule has 0 saturated heterocycles. The smallest absolute Gasteiger partial charge is 0.334 e. The zero-order valence-electron chi connectivity index (χ0n) is 9.45. The quantitative estimate of drug-likeness (QED) is 0.842. The molecule has 0 saturated carbocycles. The highest BCUT2D eigenvalue weighted by Crippen LogP contribution is 2.22. The van der Waals surface area contributed by atoms with Crippen molar-refractivity contribution in [2.45, 2.75) is 25.9 Å². The molecule has 0 radical (unpaired) electrons. The zero-order chi connectivity index (χ0) is 12.8. The summed E-state index contributed by atoms with van der Waals surface area (Å²) in [6, 6.07) is 5.14. The standard InChI is InChI=1S/C12H14Cl2O3/c1-2-17-12(16)11(15)6-4-8-3-5-9(13)7-10(8)14/h3,5,7,11,15H,2,4,6H2,1H3/t11-/m0/s1. The Morgan fingerprint density at radius 2 is 2.18 bits per heavy atom. The van der Waals surface area contributed by atoms with Gasteiger partial charge in [-0.15, -0.1) is 0 Å². The third-order valence-electron chi connectivity index (χ3n) is 2.26. The fraction of sp³-hybridized carbons (Fsp3) is 0.417. The maximum absolute atomic E-state index is 11.2. The van der Waals surface area contributed by atoms with Crippen LogP contribution in [0.3, 0.4) is 0 Å². The summed E-state index contributed by atoms with van der Waals surface area (Å²) in [5, 5.41) is 10.6. The highest BCUT2D eigenvalue weighted by Gasteiger charge is 2.16. The van der Waals surface area contributed by atoms with Crippen LogP contribution in [0.5, 0.6) is 0 Å². The highest BCUT2D eigenvalue weighted by atomic mass is 35.5. The van der Waals surface area contributed by atoms with Gasteiger partial charge in [0.1, 0.15) is 0 Å². The minimum absolute atomic E-state index is 0.262. The molecular formula is C12H14Cl2O3. The van der Waals surface area contributed by atoms with Crippen LogP contribution in [0.25, 0.3) is 0 Å². The van der Waals surface area contributed by atoms with Crippen LogP contribution in [-0.2, 0) is 16.0 Å². The minimum atomic E-state index is -1.11. The molecule has 1 aromatic carbocycles. The summed E-state index contributed by atoms with van der Waals surface area (Å²) in [5.41, 5.74) is 0.847. The maximum Gasteiger partial charge on any atom is 0.334 e. The third-order valence-corrected chi connectivity index (χ3v) is 2.85. The first kappa shape index (κ1) is 14.3. The molecule has 0 aliphatic rings. The maximum atomic E-state index is 11.2. The molecule has 3 nitrogen and oxygen atoms in total. The molecule has 0 spiro atoms. The predicted molar refractivity (Wildman–Crippen MR) is 67.4 cm³/mol. The Hall–Kier alpha value is -0.770. The largest absolute Gasteiger partial charge is 0.464 e. The monoisotopic (exact) mass is 276 g/mol. The lowest BCUT2D eigenvalue weighted by molar-refractivity contribution is -0.153. The molecule has 0 aromatic heterocycles.